The molecule has 0 aromatic heterocycles. The van der Waals surface area contributed by atoms with Gasteiger partial charge < -0.3 is 20.8 Å². The van der Waals surface area contributed by atoms with Crippen LogP contribution in [0.25, 0.3) is 0 Å². The first kappa shape index (κ1) is 20.6. The van der Waals surface area contributed by atoms with Crippen molar-refractivity contribution in [1.82, 2.24) is 9.62 Å². The molecule has 4 N–H and O–H groups in total. The summed E-state index contributed by atoms with van der Waals surface area (Å²) in [5.74, 6) is -1.47. The molecule has 0 aliphatic carbocycles. The van der Waals surface area contributed by atoms with Gasteiger partial charge in [-0.05, 0) is 31.2 Å². The first-order chi connectivity index (χ1) is 11.5. The summed E-state index contributed by atoms with van der Waals surface area (Å²) in [4.78, 5) is 22.5. The number of carboxylic acids is 1. The number of carboxylic acid groups (broad SMARTS) is 1. The first-order valence-electron chi connectivity index (χ1n) is 7.18. The van der Waals surface area contributed by atoms with E-state index in [4.69, 9.17) is 5.11 Å². The van der Waals surface area contributed by atoms with E-state index in [2.05, 4.69) is 17.2 Å². The summed E-state index contributed by atoms with van der Waals surface area (Å²) >= 11 is 0. The molecule has 1 unspecified atom stereocenters. The fraction of sp³-hybridized carbons (Fsp3) is 0.333. The number of hydrogen-bond acceptors (Lipinski definition) is 5. The lowest BCUT2D eigenvalue weighted by Crippen LogP contribution is -2.47. The van der Waals surface area contributed by atoms with E-state index in [0.717, 1.165) is 11.2 Å². The maximum absolute atomic E-state index is 12.2. The summed E-state index contributed by atoms with van der Waals surface area (Å²) < 4.78 is 25.6. The second kappa shape index (κ2) is 8.10. The zero-order valence-corrected chi connectivity index (χ0v) is 14.7. The molecule has 25 heavy (non-hydrogen) atoms. The first-order valence-corrected chi connectivity index (χ1v) is 8.62. The Hall–Kier alpha value is -2.43. The van der Waals surface area contributed by atoms with Crippen molar-refractivity contribution in [3.8, 4) is 0 Å². The minimum atomic E-state index is -3.65. The fourth-order valence-electron chi connectivity index (χ4n) is 1.67. The predicted octanol–water partition coefficient (Wildman–Crippen LogP) is 0.450. The number of aliphatic carboxylic acids is 1. The molecule has 138 valence electrons. The number of benzene rings is 1. The third-order valence-corrected chi connectivity index (χ3v) is 5.10. The number of hydrogen-bond donors (Lipinski definition) is 4. The topological polar surface area (TPSA) is 136 Å². The van der Waals surface area contributed by atoms with Gasteiger partial charge in [0.15, 0.2) is 5.60 Å². The minimum absolute atomic E-state index is 0.0524. The van der Waals surface area contributed by atoms with Crippen molar-refractivity contribution in [2.45, 2.75) is 17.4 Å². The molecule has 10 heteroatoms. The molecule has 1 aromatic rings. The zero-order chi connectivity index (χ0) is 19.3. The third-order valence-electron chi connectivity index (χ3n) is 3.26. The van der Waals surface area contributed by atoms with Crippen LogP contribution in [0.15, 0.2) is 41.8 Å². The fourth-order valence-corrected chi connectivity index (χ4v) is 2.81. The van der Waals surface area contributed by atoms with E-state index >= 15 is 0 Å². The molecular formula is C15H21N3O6S. The van der Waals surface area contributed by atoms with Crippen LogP contribution in [-0.4, -0.2) is 60.7 Å². The largest absolute Gasteiger partial charge is 0.479 e. The highest BCUT2D eigenvalue weighted by atomic mass is 32.2. The Morgan fingerprint density at radius 1 is 1.32 bits per heavy atom. The normalized spacial score (nSPS) is 13.8. The Morgan fingerprint density at radius 3 is 2.36 bits per heavy atom. The number of anilines is 1. The lowest BCUT2D eigenvalue weighted by Gasteiger charge is -2.18. The van der Waals surface area contributed by atoms with Crippen molar-refractivity contribution >= 4 is 27.7 Å². The van der Waals surface area contributed by atoms with Gasteiger partial charge in [-0.15, -0.1) is 6.58 Å². The van der Waals surface area contributed by atoms with Gasteiger partial charge in [0.05, 0.1) is 11.4 Å². The van der Waals surface area contributed by atoms with E-state index in [1.165, 1.54) is 37.4 Å². The summed E-state index contributed by atoms with van der Waals surface area (Å²) in [7, 11) is -2.23. The molecule has 0 heterocycles. The number of nitrogens with zero attached hydrogens (tertiary/aromatic N) is 1. The highest BCUT2D eigenvalue weighted by Crippen LogP contribution is 2.17. The number of aliphatic hydroxyl groups is 1. The van der Waals surface area contributed by atoms with Crippen molar-refractivity contribution in [3.05, 3.63) is 36.9 Å². The Morgan fingerprint density at radius 2 is 1.88 bits per heavy atom. The Labute approximate surface area is 146 Å². The van der Waals surface area contributed by atoms with Crippen LogP contribution in [0.5, 0.6) is 0 Å². The number of sulfonamides is 1. The van der Waals surface area contributed by atoms with Crippen molar-refractivity contribution in [1.29, 1.82) is 0 Å². The van der Waals surface area contributed by atoms with Crippen molar-refractivity contribution in [3.63, 3.8) is 0 Å². The summed E-state index contributed by atoms with van der Waals surface area (Å²) in [5.41, 5.74) is -1.79. The van der Waals surface area contributed by atoms with E-state index in [0.29, 0.717) is 5.69 Å². The summed E-state index contributed by atoms with van der Waals surface area (Å²) in [6.45, 7) is 4.20. The molecule has 0 fully saturated rings. The van der Waals surface area contributed by atoms with Gasteiger partial charge >= 0.3 is 12.0 Å². The van der Waals surface area contributed by atoms with Gasteiger partial charge in [-0.1, -0.05) is 6.08 Å². The van der Waals surface area contributed by atoms with Crippen molar-refractivity contribution < 1.29 is 28.2 Å². The second-order valence-electron chi connectivity index (χ2n) is 5.49. The number of amides is 2. The van der Waals surface area contributed by atoms with E-state index in [1.54, 1.807) is 0 Å². The number of rotatable bonds is 8. The Balaban J connectivity index is 2.73. The lowest BCUT2D eigenvalue weighted by atomic mass is 10.1. The average molecular weight is 371 g/mol. The number of urea groups is 1. The van der Waals surface area contributed by atoms with Gasteiger partial charge in [0.2, 0.25) is 10.0 Å². The molecule has 9 nitrogen and oxygen atoms in total. The van der Waals surface area contributed by atoms with Crippen LogP contribution in [0.1, 0.15) is 6.92 Å². The van der Waals surface area contributed by atoms with Gasteiger partial charge in [-0.3, -0.25) is 0 Å². The minimum Gasteiger partial charge on any atom is -0.479 e. The van der Waals surface area contributed by atoms with Crippen LogP contribution in [0, 0.1) is 0 Å². The van der Waals surface area contributed by atoms with E-state index in [1.807, 2.05) is 0 Å². The van der Waals surface area contributed by atoms with Gasteiger partial charge in [-0.2, -0.15) is 4.31 Å². The predicted molar refractivity (Wildman–Crippen MR) is 91.7 cm³/mol. The monoisotopic (exact) mass is 371 g/mol. The molecule has 0 radical (unpaired) electrons. The summed E-state index contributed by atoms with van der Waals surface area (Å²) in [6, 6.07) is 4.71. The molecular weight excluding hydrogens is 350 g/mol. The van der Waals surface area contributed by atoms with Crippen LogP contribution in [0.3, 0.4) is 0 Å². The zero-order valence-electron chi connectivity index (χ0n) is 13.9. The maximum atomic E-state index is 12.2. The van der Waals surface area contributed by atoms with Crippen LogP contribution >= 0.6 is 0 Å². The van der Waals surface area contributed by atoms with Crippen LogP contribution < -0.4 is 10.6 Å². The van der Waals surface area contributed by atoms with Gasteiger partial charge in [-0.25, -0.2) is 18.0 Å². The number of carbonyl (C=O) groups excluding carboxylic acids is 1. The smallest absolute Gasteiger partial charge is 0.337 e. The second-order valence-corrected chi connectivity index (χ2v) is 7.53. The number of likely N-dealkylation sites (N-methyl/N-ethyl adjacent to an activating group) is 1. The summed E-state index contributed by atoms with van der Waals surface area (Å²) in [5, 5.41) is 22.9. The molecule has 0 aliphatic heterocycles. The molecule has 0 spiro atoms. The SMILES string of the molecule is C=CCN(C)S(=O)(=O)c1ccc(NC(=O)NCC(C)(O)C(=O)O)cc1. The van der Waals surface area contributed by atoms with Crippen LogP contribution in [0.2, 0.25) is 0 Å². The standard InChI is InChI=1S/C15H21N3O6S/c1-4-9-18(3)25(23,24)12-7-5-11(6-8-12)17-14(21)16-10-15(2,22)13(19)20/h4-8,22H,1,9-10H2,2-3H3,(H,19,20)(H2,16,17,21). The maximum Gasteiger partial charge on any atom is 0.337 e. The molecule has 0 saturated carbocycles. The number of nitrogens with one attached hydrogen (secondary N) is 2. The molecule has 0 saturated heterocycles. The third kappa shape index (κ3) is 5.55. The van der Waals surface area contributed by atoms with Gasteiger partial charge in [0.25, 0.3) is 0 Å². The average Bonchev–Trinajstić information content (AvgIpc) is 2.53. The molecule has 0 aliphatic rings. The molecule has 1 rings (SSSR count). The molecule has 0 bridgehead atoms. The van der Waals surface area contributed by atoms with Gasteiger partial charge in [0.1, 0.15) is 0 Å². The molecule has 2 amide bonds. The highest BCUT2D eigenvalue weighted by Gasteiger charge is 2.30. The Bertz CT molecular complexity index is 743. The molecule has 1 aromatic carbocycles. The van der Waals surface area contributed by atoms with Crippen LogP contribution in [0.4, 0.5) is 10.5 Å². The lowest BCUT2D eigenvalue weighted by molar-refractivity contribution is -0.155. The van der Waals surface area contributed by atoms with Crippen molar-refractivity contribution in [2.24, 2.45) is 0 Å². The van der Waals surface area contributed by atoms with Crippen LogP contribution in [-0.2, 0) is 14.8 Å². The quantitative estimate of drug-likeness (QED) is 0.490. The molecule has 1 atom stereocenters. The van der Waals surface area contributed by atoms with E-state index < -0.39 is 34.2 Å². The van der Waals surface area contributed by atoms with Gasteiger partial charge in [0, 0.05) is 19.3 Å². The highest BCUT2D eigenvalue weighted by molar-refractivity contribution is 7.89. The Kier molecular flexibility index (Phi) is 6.68. The van der Waals surface area contributed by atoms with Crippen molar-refractivity contribution in [2.75, 3.05) is 25.5 Å². The summed E-state index contributed by atoms with van der Waals surface area (Å²) in [6.07, 6.45) is 1.46. The number of carbonyl (C=O) groups is 2. The van der Waals surface area contributed by atoms with E-state index in [9.17, 15) is 23.1 Å². The van der Waals surface area contributed by atoms with E-state index in [-0.39, 0.29) is 11.4 Å².